The van der Waals surface area contributed by atoms with Gasteiger partial charge in [0.15, 0.2) is 17.5 Å². The lowest BCUT2D eigenvalue weighted by atomic mass is 10.3. The smallest absolute Gasteiger partial charge is 0.319 e. The zero-order valence-corrected chi connectivity index (χ0v) is 14.3. The molecular formula is C16H21F2N5O2. The lowest BCUT2D eigenvalue weighted by molar-refractivity contribution is 0.0671. The van der Waals surface area contributed by atoms with Crippen molar-refractivity contribution >= 4 is 11.6 Å². The van der Waals surface area contributed by atoms with E-state index in [4.69, 9.17) is 9.47 Å². The molecule has 0 spiro atoms. The van der Waals surface area contributed by atoms with Crippen LogP contribution < -0.4 is 20.1 Å². The molecule has 1 heterocycles. The number of aromatic nitrogens is 2. The molecule has 0 saturated heterocycles. The van der Waals surface area contributed by atoms with Crippen molar-refractivity contribution in [2.75, 3.05) is 26.1 Å². The standard InChI is InChI=1S/C16H21F2N5O2/c1-4-19-16(21-10-14-20-7-8-23(14)15(17)18)22-11-5-6-12(24-2)13(9-11)25-3/h5-9,15H,4,10H2,1-3H3,(H2,19,21,22). The Hall–Kier alpha value is -2.84. The van der Waals surface area contributed by atoms with Gasteiger partial charge < -0.3 is 20.1 Å². The van der Waals surface area contributed by atoms with Gasteiger partial charge in [0, 0.05) is 30.7 Å². The minimum absolute atomic E-state index is 0.0139. The number of anilines is 1. The van der Waals surface area contributed by atoms with E-state index < -0.39 is 6.55 Å². The van der Waals surface area contributed by atoms with Gasteiger partial charge in [-0.05, 0) is 19.1 Å². The number of hydrogen-bond acceptors (Lipinski definition) is 4. The van der Waals surface area contributed by atoms with Crippen LogP contribution in [0, 0.1) is 0 Å². The van der Waals surface area contributed by atoms with E-state index in [0.29, 0.717) is 24.0 Å². The van der Waals surface area contributed by atoms with Crippen molar-refractivity contribution in [2.24, 2.45) is 4.99 Å². The number of benzene rings is 1. The topological polar surface area (TPSA) is 72.7 Å². The van der Waals surface area contributed by atoms with Crippen molar-refractivity contribution in [3.8, 4) is 11.5 Å². The van der Waals surface area contributed by atoms with Crippen molar-refractivity contribution in [1.82, 2.24) is 14.9 Å². The zero-order valence-electron chi connectivity index (χ0n) is 14.3. The van der Waals surface area contributed by atoms with Gasteiger partial charge in [-0.2, -0.15) is 8.78 Å². The van der Waals surface area contributed by atoms with E-state index in [2.05, 4.69) is 20.6 Å². The molecule has 1 aromatic heterocycles. The van der Waals surface area contributed by atoms with Crippen LogP contribution >= 0.6 is 0 Å². The summed E-state index contributed by atoms with van der Waals surface area (Å²) in [4.78, 5) is 8.21. The summed E-state index contributed by atoms with van der Waals surface area (Å²) in [6.07, 6.45) is 2.55. The summed E-state index contributed by atoms with van der Waals surface area (Å²) < 4.78 is 36.9. The van der Waals surface area contributed by atoms with Gasteiger partial charge in [-0.25, -0.2) is 9.98 Å². The quantitative estimate of drug-likeness (QED) is 0.592. The molecule has 0 unspecified atom stereocenters. The van der Waals surface area contributed by atoms with Crippen LogP contribution in [0.15, 0.2) is 35.6 Å². The highest BCUT2D eigenvalue weighted by Gasteiger charge is 2.11. The molecule has 0 atom stereocenters. The number of imidazole rings is 1. The van der Waals surface area contributed by atoms with Gasteiger partial charge in [0.2, 0.25) is 0 Å². The van der Waals surface area contributed by atoms with Crippen molar-refractivity contribution < 1.29 is 18.3 Å². The van der Waals surface area contributed by atoms with Crippen LogP contribution in [0.25, 0.3) is 0 Å². The molecule has 9 heteroatoms. The summed E-state index contributed by atoms with van der Waals surface area (Å²) in [5.41, 5.74) is 0.717. The van der Waals surface area contributed by atoms with Crippen molar-refractivity contribution in [2.45, 2.75) is 20.0 Å². The number of nitrogens with zero attached hydrogens (tertiary/aromatic N) is 3. The third-order valence-electron chi connectivity index (χ3n) is 3.33. The maximum absolute atomic E-state index is 12.9. The Morgan fingerprint density at radius 3 is 2.68 bits per heavy atom. The normalized spacial score (nSPS) is 11.5. The SMILES string of the molecule is CCNC(=NCc1nccn1C(F)F)Nc1ccc(OC)c(OC)c1. The van der Waals surface area contributed by atoms with Crippen molar-refractivity contribution in [1.29, 1.82) is 0 Å². The van der Waals surface area contributed by atoms with Crippen LogP contribution in [0.2, 0.25) is 0 Å². The van der Waals surface area contributed by atoms with Crippen LogP contribution in [-0.4, -0.2) is 36.3 Å². The summed E-state index contributed by atoms with van der Waals surface area (Å²) in [5.74, 6) is 1.79. The number of nitrogens with one attached hydrogen (secondary N) is 2. The molecule has 0 bridgehead atoms. The molecule has 7 nitrogen and oxygen atoms in total. The van der Waals surface area contributed by atoms with Crippen LogP contribution in [0.1, 0.15) is 19.3 Å². The number of ether oxygens (including phenoxy) is 2. The third-order valence-corrected chi connectivity index (χ3v) is 3.33. The van der Waals surface area contributed by atoms with E-state index in [1.165, 1.54) is 12.4 Å². The molecule has 0 aliphatic carbocycles. The summed E-state index contributed by atoms with van der Waals surface area (Å²) in [7, 11) is 3.10. The highest BCUT2D eigenvalue weighted by Crippen LogP contribution is 2.29. The van der Waals surface area contributed by atoms with Crippen molar-refractivity contribution in [3.63, 3.8) is 0 Å². The number of halogens is 2. The minimum Gasteiger partial charge on any atom is -0.493 e. The van der Waals surface area contributed by atoms with E-state index in [1.807, 2.05) is 6.92 Å². The Bertz CT molecular complexity index is 718. The number of alkyl halides is 2. The molecule has 25 heavy (non-hydrogen) atoms. The molecule has 2 N–H and O–H groups in total. The summed E-state index contributed by atoms with van der Waals surface area (Å²) in [6, 6.07) is 5.31. The van der Waals surface area contributed by atoms with E-state index in [1.54, 1.807) is 32.4 Å². The Balaban J connectivity index is 2.16. The summed E-state index contributed by atoms with van der Waals surface area (Å²) in [5, 5.41) is 6.15. The highest BCUT2D eigenvalue weighted by atomic mass is 19.3. The molecule has 2 rings (SSSR count). The lowest BCUT2D eigenvalue weighted by Gasteiger charge is -2.14. The zero-order chi connectivity index (χ0) is 18.2. The molecule has 0 saturated carbocycles. The first kappa shape index (κ1) is 18.5. The van der Waals surface area contributed by atoms with Gasteiger partial charge in [-0.1, -0.05) is 0 Å². The largest absolute Gasteiger partial charge is 0.493 e. The first-order valence-electron chi connectivity index (χ1n) is 7.66. The van der Waals surface area contributed by atoms with Crippen LogP contribution in [-0.2, 0) is 6.54 Å². The lowest BCUT2D eigenvalue weighted by Crippen LogP contribution is -2.30. The number of guanidine groups is 1. The van der Waals surface area contributed by atoms with Crippen LogP contribution in [0.4, 0.5) is 14.5 Å². The monoisotopic (exact) mass is 353 g/mol. The number of hydrogen-bond donors (Lipinski definition) is 2. The summed E-state index contributed by atoms with van der Waals surface area (Å²) >= 11 is 0. The average Bonchev–Trinajstić information content (AvgIpc) is 3.08. The Morgan fingerprint density at radius 2 is 2.04 bits per heavy atom. The fraction of sp³-hybridized carbons (Fsp3) is 0.375. The minimum atomic E-state index is -2.64. The second kappa shape index (κ2) is 8.86. The van der Waals surface area contributed by atoms with Gasteiger partial charge >= 0.3 is 6.55 Å². The first-order valence-corrected chi connectivity index (χ1v) is 7.66. The van der Waals surface area contributed by atoms with Crippen LogP contribution in [0.5, 0.6) is 11.5 Å². The fourth-order valence-corrected chi connectivity index (χ4v) is 2.15. The molecule has 136 valence electrons. The van der Waals surface area contributed by atoms with Gasteiger partial charge in [0.05, 0.1) is 14.2 Å². The molecule has 0 radical (unpaired) electrons. The Morgan fingerprint density at radius 1 is 1.28 bits per heavy atom. The molecule has 0 fully saturated rings. The molecular weight excluding hydrogens is 332 g/mol. The van der Waals surface area contributed by atoms with E-state index in [-0.39, 0.29) is 12.4 Å². The first-order chi connectivity index (χ1) is 12.1. The third kappa shape index (κ3) is 4.82. The van der Waals surface area contributed by atoms with Gasteiger partial charge in [-0.3, -0.25) is 4.57 Å². The predicted molar refractivity (Wildman–Crippen MR) is 91.5 cm³/mol. The fourth-order valence-electron chi connectivity index (χ4n) is 2.15. The van der Waals surface area contributed by atoms with E-state index in [9.17, 15) is 8.78 Å². The maximum Gasteiger partial charge on any atom is 0.319 e. The Kier molecular flexibility index (Phi) is 6.55. The van der Waals surface area contributed by atoms with Gasteiger partial charge in [-0.15, -0.1) is 0 Å². The molecule has 0 aliphatic rings. The van der Waals surface area contributed by atoms with Gasteiger partial charge in [0.1, 0.15) is 12.4 Å². The van der Waals surface area contributed by atoms with Gasteiger partial charge in [0.25, 0.3) is 0 Å². The predicted octanol–water partition coefficient (Wildman–Crippen LogP) is 2.87. The number of aliphatic imine (C=N–C) groups is 1. The maximum atomic E-state index is 12.9. The second-order valence-electron chi connectivity index (χ2n) is 4.92. The Labute approximate surface area is 144 Å². The molecule has 1 aromatic carbocycles. The molecule has 0 aliphatic heterocycles. The highest BCUT2D eigenvalue weighted by molar-refractivity contribution is 5.93. The van der Waals surface area contributed by atoms with E-state index in [0.717, 1.165) is 10.3 Å². The van der Waals surface area contributed by atoms with Crippen LogP contribution in [0.3, 0.4) is 0 Å². The molecule has 2 aromatic rings. The van der Waals surface area contributed by atoms with Crippen molar-refractivity contribution in [3.05, 3.63) is 36.4 Å². The number of rotatable bonds is 7. The molecule has 0 amide bonds. The average molecular weight is 353 g/mol. The second-order valence-corrected chi connectivity index (χ2v) is 4.92. The number of methoxy groups -OCH3 is 2. The summed E-state index contributed by atoms with van der Waals surface area (Å²) in [6.45, 7) is -0.108. The van der Waals surface area contributed by atoms with E-state index >= 15 is 0 Å².